The standard InChI is InChI=1S/C16H17NO2S/c1-12-5-4-7-13(9-12)15-8-3-2-6-14(15)10-20(19)11-16(17)18/h2-9H,10-11H2,1H3,(H2,17,18)/t20-/m1/s1. The second-order valence-electron chi connectivity index (χ2n) is 4.72. The molecule has 0 bridgehead atoms. The van der Waals surface area contributed by atoms with Gasteiger partial charge in [-0.05, 0) is 23.6 Å². The fraction of sp³-hybridized carbons (Fsp3) is 0.188. The maximum atomic E-state index is 11.9. The summed E-state index contributed by atoms with van der Waals surface area (Å²) in [5.74, 6) is -0.286. The summed E-state index contributed by atoms with van der Waals surface area (Å²) in [5.41, 5.74) is 9.37. The minimum absolute atomic E-state index is 0.0951. The maximum Gasteiger partial charge on any atom is 0.230 e. The first-order chi connectivity index (χ1) is 9.56. The Morgan fingerprint density at radius 1 is 1.15 bits per heavy atom. The van der Waals surface area contributed by atoms with Gasteiger partial charge in [0.2, 0.25) is 5.91 Å². The lowest BCUT2D eigenvalue weighted by Crippen LogP contribution is -2.20. The van der Waals surface area contributed by atoms with Gasteiger partial charge in [0, 0.05) is 16.6 Å². The van der Waals surface area contributed by atoms with Gasteiger partial charge in [-0.2, -0.15) is 0 Å². The van der Waals surface area contributed by atoms with Gasteiger partial charge in [0.1, 0.15) is 5.75 Å². The molecule has 20 heavy (non-hydrogen) atoms. The van der Waals surface area contributed by atoms with E-state index in [0.717, 1.165) is 16.7 Å². The van der Waals surface area contributed by atoms with Gasteiger partial charge in [-0.1, -0.05) is 54.1 Å². The van der Waals surface area contributed by atoms with Crippen LogP contribution in [0.25, 0.3) is 11.1 Å². The summed E-state index contributed by atoms with van der Waals surface area (Å²) < 4.78 is 11.9. The molecule has 2 aromatic rings. The highest BCUT2D eigenvalue weighted by atomic mass is 32.2. The zero-order valence-electron chi connectivity index (χ0n) is 11.3. The van der Waals surface area contributed by atoms with Gasteiger partial charge in [-0.25, -0.2) is 0 Å². The molecule has 1 amide bonds. The minimum atomic E-state index is -1.27. The monoisotopic (exact) mass is 287 g/mol. The highest BCUT2D eigenvalue weighted by Gasteiger charge is 2.10. The normalized spacial score (nSPS) is 12.1. The van der Waals surface area contributed by atoms with Crippen molar-refractivity contribution in [1.82, 2.24) is 0 Å². The highest BCUT2D eigenvalue weighted by Crippen LogP contribution is 2.25. The number of carbonyl (C=O) groups is 1. The summed E-state index contributed by atoms with van der Waals surface area (Å²) in [7, 11) is -1.27. The summed E-state index contributed by atoms with van der Waals surface area (Å²) in [6.45, 7) is 2.04. The number of aryl methyl sites for hydroxylation is 1. The molecule has 0 spiro atoms. The molecule has 3 nitrogen and oxygen atoms in total. The second-order valence-corrected chi connectivity index (χ2v) is 6.18. The Bertz CT molecular complexity index is 652. The first-order valence-corrected chi connectivity index (χ1v) is 7.83. The lowest BCUT2D eigenvalue weighted by Gasteiger charge is -2.10. The van der Waals surface area contributed by atoms with E-state index in [-0.39, 0.29) is 5.75 Å². The van der Waals surface area contributed by atoms with Crippen molar-refractivity contribution in [2.75, 3.05) is 5.75 Å². The smallest absolute Gasteiger partial charge is 0.230 e. The minimum Gasteiger partial charge on any atom is -0.369 e. The van der Waals surface area contributed by atoms with E-state index < -0.39 is 16.7 Å². The number of primary amides is 1. The Labute approximate surface area is 121 Å². The maximum absolute atomic E-state index is 11.9. The van der Waals surface area contributed by atoms with Crippen LogP contribution in [-0.2, 0) is 21.3 Å². The molecule has 2 rings (SSSR count). The van der Waals surface area contributed by atoms with Crippen LogP contribution >= 0.6 is 0 Å². The van der Waals surface area contributed by atoms with Crippen molar-refractivity contribution in [1.29, 1.82) is 0 Å². The second kappa shape index (κ2) is 6.48. The Morgan fingerprint density at radius 2 is 1.90 bits per heavy atom. The van der Waals surface area contributed by atoms with Gasteiger partial charge >= 0.3 is 0 Å². The van der Waals surface area contributed by atoms with Crippen molar-refractivity contribution < 1.29 is 9.00 Å². The molecule has 0 aliphatic rings. The van der Waals surface area contributed by atoms with Crippen LogP contribution in [0.3, 0.4) is 0 Å². The zero-order chi connectivity index (χ0) is 14.5. The van der Waals surface area contributed by atoms with Crippen molar-refractivity contribution in [3.63, 3.8) is 0 Å². The number of rotatable bonds is 5. The van der Waals surface area contributed by atoms with E-state index in [1.54, 1.807) is 0 Å². The predicted octanol–water partition coefficient (Wildman–Crippen LogP) is 2.40. The van der Waals surface area contributed by atoms with Crippen LogP contribution in [0.4, 0.5) is 0 Å². The fourth-order valence-electron chi connectivity index (χ4n) is 2.12. The van der Waals surface area contributed by atoms with Crippen molar-refractivity contribution in [2.24, 2.45) is 5.73 Å². The molecule has 0 aliphatic heterocycles. The summed E-state index contributed by atoms with van der Waals surface area (Å²) in [4.78, 5) is 10.8. The predicted molar refractivity (Wildman–Crippen MR) is 82.5 cm³/mol. The van der Waals surface area contributed by atoms with Crippen molar-refractivity contribution in [2.45, 2.75) is 12.7 Å². The highest BCUT2D eigenvalue weighted by molar-refractivity contribution is 7.84. The van der Waals surface area contributed by atoms with Crippen molar-refractivity contribution >= 4 is 16.7 Å². The third kappa shape index (κ3) is 3.78. The first-order valence-electron chi connectivity index (χ1n) is 6.34. The molecule has 0 aromatic heterocycles. The van der Waals surface area contributed by atoms with E-state index in [9.17, 15) is 9.00 Å². The molecule has 1 atom stereocenters. The van der Waals surface area contributed by atoms with E-state index in [4.69, 9.17) is 5.73 Å². The molecule has 0 unspecified atom stereocenters. The van der Waals surface area contributed by atoms with Gasteiger partial charge < -0.3 is 5.73 Å². The van der Waals surface area contributed by atoms with Crippen LogP contribution in [-0.4, -0.2) is 15.9 Å². The molecular weight excluding hydrogens is 270 g/mol. The van der Waals surface area contributed by atoms with Crippen molar-refractivity contribution in [3.05, 3.63) is 59.7 Å². The topological polar surface area (TPSA) is 60.2 Å². The van der Waals surface area contributed by atoms with Gasteiger partial charge in [0.05, 0.1) is 0 Å². The fourth-order valence-corrected chi connectivity index (χ4v) is 3.14. The number of benzene rings is 2. The molecule has 0 radical (unpaired) electrons. The first kappa shape index (κ1) is 14.5. The Morgan fingerprint density at radius 3 is 2.60 bits per heavy atom. The van der Waals surface area contributed by atoms with Gasteiger partial charge in [0.25, 0.3) is 0 Å². The Kier molecular flexibility index (Phi) is 4.69. The molecular formula is C16H17NO2S. The molecule has 0 saturated heterocycles. The van der Waals surface area contributed by atoms with Gasteiger partial charge in [-0.15, -0.1) is 0 Å². The number of nitrogens with two attached hydrogens (primary N) is 1. The lowest BCUT2D eigenvalue weighted by molar-refractivity contribution is -0.115. The molecule has 0 fully saturated rings. The molecule has 0 heterocycles. The van der Waals surface area contributed by atoms with E-state index in [2.05, 4.69) is 6.07 Å². The number of amides is 1. The summed E-state index contributed by atoms with van der Waals surface area (Å²) in [5, 5.41) is 0. The summed E-state index contributed by atoms with van der Waals surface area (Å²) in [6.07, 6.45) is 0. The quantitative estimate of drug-likeness (QED) is 0.918. The molecule has 4 heteroatoms. The SMILES string of the molecule is Cc1cccc(-c2ccccc2C[S@@](=O)CC(N)=O)c1. The molecule has 2 aromatic carbocycles. The molecule has 0 saturated carbocycles. The molecule has 0 aliphatic carbocycles. The molecule has 104 valence electrons. The van der Waals surface area contributed by atoms with Gasteiger partial charge in [-0.3, -0.25) is 9.00 Å². The van der Waals surface area contributed by atoms with E-state index in [1.165, 1.54) is 5.56 Å². The Balaban J connectivity index is 2.31. The Hall–Kier alpha value is -1.94. The zero-order valence-corrected chi connectivity index (χ0v) is 12.2. The van der Waals surface area contributed by atoms with Crippen LogP contribution in [0.15, 0.2) is 48.5 Å². The summed E-state index contributed by atoms with van der Waals surface area (Å²) in [6, 6.07) is 16.0. The summed E-state index contributed by atoms with van der Waals surface area (Å²) >= 11 is 0. The lowest BCUT2D eigenvalue weighted by atomic mass is 9.99. The van der Waals surface area contributed by atoms with Crippen LogP contribution in [0.2, 0.25) is 0 Å². The number of hydrogen-bond donors (Lipinski definition) is 1. The molecule has 2 N–H and O–H groups in total. The van der Waals surface area contributed by atoms with Crippen LogP contribution in [0.1, 0.15) is 11.1 Å². The van der Waals surface area contributed by atoms with E-state index in [1.807, 2.05) is 49.4 Å². The average Bonchev–Trinajstić information content (AvgIpc) is 2.38. The van der Waals surface area contributed by atoms with Crippen LogP contribution in [0.5, 0.6) is 0 Å². The van der Waals surface area contributed by atoms with Crippen LogP contribution < -0.4 is 5.73 Å². The third-order valence-electron chi connectivity index (χ3n) is 2.97. The average molecular weight is 287 g/mol. The van der Waals surface area contributed by atoms with E-state index in [0.29, 0.717) is 5.75 Å². The van der Waals surface area contributed by atoms with Crippen molar-refractivity contribution in [3.8, 4) is 11.1 Å². The third-order valence-corrected chi connectivity index (χ3v) is 4.21. The number of hydrogen-bond acceptors (Lipinski definition) is 2. The van der Waals surface area contributed by atoms with Crippen LogP contribution in [0, 0.1) is 6.92 Å². The largest absolute Gasteiger partial charge is 0.369 e. The van der Waals surface area contributed by atoms with E-state index >= 15 is 0 Å². The van der Waals surface area contributed by atoms with Gasteiger partial charge in [0.15, 0.2) is 0 Å². The number of carbonyl (C=O) groups excluding carboxylic acids is 1.